The van der Waals surface area contributed by atoms with E-state index in [9.17, 15) is 10.0 Å². The summed E-state index contributed by atoms with van der Waals surface area (Å²) in [5, 5.41) is 14.9. The van der Waals surface area contributed by atoms with Gasteiger partial charge in [-0.15, -0.1) is 0 Å². The average molecular weight is 516 g/mol. The molecule has 0 radical (unpaired) electrons. The van der Waals surface area contributed by atoms with Gasteiger partial charge in [-0.2, -0.15) is 4.73 Å². The number of aryl methyl sites for hydroxylation is 3. The second-order valence-corrected chi connectivity index (χ2v) is 10.7. The predicted octanol–water partition coefficient (Wildman–Crippen LogP) is 4.63. The monoisotopic (exact) mass is 515 g/mol. The van der Waals surface area contributed by atoms with E-state index < -0.39 is 0 Å². The molecule has 0 aliphatic carbocycles. The molecule has 1 amide bonds. The minimum atomic E-state index is -0.171. The van der Waals surface area contributed by atoms with Crippen molar-refractivity contribution in [1.82, 2.24) is 15.2 Å². The molecule has 0 spiro atoms. The highest BCUT2D eigenvalue weighted by molar-refractivity contribution is 5.96. The Bertz CT molecular complexity index is 1240. The number of amides is 1. The van der Waals surface area contributed by atoms with E-state index in [0.29, 0.717) is 29.9 Å². The molecule has 1 unspecified atom stereocenters. The summed E-state index contributed by atoms with van der Waals surface area (Å²) in [6, 6.07) is 13.5. The maximum absolute atomic E-state index is 12.8. The summed E-state index contributed by atoms with van der Waals surface area (Å²) >= 11 is 0. The fourth-order valence-corrected chi connectivity index (χ4v) is 5.43. The third-order valence-electron chi connectivity index (χ3n) is 8.04. The SMILES string of the molecule is Cc1ccc(N(Cc2cnccc2C)C2CCN(C(C)CCNC(=O)c3c(C)cc[n+]([O-])c3C)CC2)cc1. The zero-order valence-corrected chi connectivity index (χ0v) is 23.4. The van der Waals surface area contributed by atoms with Gasteiger partial charge in [-0.1, -0.05) is 17.7 Å². The molecule has 1 aliphatic heterocycles. The largest absolute Gasteiger partial charge is 0.618 e. The Morgan fingerprint density at radius 1 is 1.11 bits per heavy atom. The van der Waals surface area contributed by atoms with Crippen LogP contribution < -0.4 is 14.9 Å². The minimum absolute atomic E-state index is 0.171. The lowest BCUT2D eigenvalue weighted by Gasteiger charge is -2.42. The van der Waals surface area contributed by atoms with Crippen molar-refractivity contribution in [2.75, 3.05) is 24.5 Å². The summed E-state index contributed by atoms with van der Waals surface area (Å²) in [4.78, 5) is 22.2. The molecule has 38 heavy (non-hydrogen) atoms. The van der Waals surface area contributed by atoms with Crippen molar-refractivity contribution < 1.29 is 9.52 Å². The normalized spacial score (nSPS) is 15.3. The van der Waals surface area contributed by atoms with Crippen LogP contribution in [-0.4, -0.2) is 47.5 Å². The number of rotatable bonds is 9. The number of pyridine rings is 2. The van der Waals surface area contributed by atoms with Crippen molar-refractivity contribution in [3.8, 4) is 0 Å². The van der Waals surface area contributed by atoms with Gasteiger partial charge in [0.25, 0.3) is 5.91 Å². The standard InChI is InChI=1S/C31H41N5O2/c1-22-6-8-28(9-7-22)35(21-27-20-32-15-10-23(27)2)29-13-17-34(18-14-29)25(4)11-16-33-31(37)30-24(3)12-19-36(38)26(30)5/h6-10,12,15,19-20,25,29H,11,13-14,16-18,21H2,1-5H3,(H,33,37). The van der Waals surface area contributed by atoms with Crippen molar-refractivity contribution in [2.45, 2.75) is 72.5 Å². The smallest absolute Gasteiger partial charge is 0.257 e. The summed E-state index contributed by atoms with van der Waals surface area (Å²) < 4.78 is 0.754. The van der Waals surface area contributed by atoms with Crippen LogP contribution in [0.25, 0.3) is 0 Å². The van der Waals surface area contributed by atoms with Crippen LogP contribution in [0.15, 0.2) is 55.0 Å². The van der Waals surface area contributed by atoms with Gasteiger partial charge >= 0.3 is 0 Å². The number of likely N-dealkylation sites (tertiary alicyclic amines) is 1. The Morgan fingerprint density at radius 2 is 1.82 bits per heavy atom. The zero-order valence-electron chi connectivity index (χ0n) is 23.4. The van der Waals surface area contributed by atoms with E-state index in [4.69, 9.17) is 0 Å². The maximum atomic E-state index is 12.8. The van der Waals surface area contributed by atoms with Gasteiger partial charge < -0.3 is 20.3 Å². The molecule has 1 saturated heterocycles. The van der Waals surface area contributed by atoms with Gasteiger partial charge in [-0.25, -0.2) is 0 Å². The van der Waals surface area contributed by atoms with E-state index in [1.807, 2.05) is 19.3 Å². The van der Waals surface area contributed by atoms with Crippen molar-refractivity contribution in [3.05, 3.63) is 93.7 Å². The molecule has 0 saturated carbocycles. The Kier molecular flexibility index (Phi) is 9.00. The number of nitrogens with one attached hydrogen (secondary N) is 1. The van der Waals surface area contributed by atoms with E-state index in [1.165, 1.54) is 28.6 Å². The molecule has 1 fully saturated rings. The molecule has 4 rings (SSSR count). The first kappa shape index (κ1) is 27.6. The van der Waals surface area contributed by atoms with E-state index in [0.717, 1.165) is 49.2 Å². The van der Waals surface area contributed by atoms with Crippen LogP contribution >= 0.6 is 0 Å². The lowest BCUT2D eigenvalue weighted by atomic mass is 9.98. The summed E-state index contributed by atoms with van der Waals surface area (Å²) in [6.07, 6.45) is 8.36. The van der Waals surface area contributed by atoms with Crippen LogP contribution in [-0.2, 0) is 6.54 Å². The Morgan fingerprint density at radius 3 is 2.50 bits per heavy atom. The number of hydrogen-bond acceptors (Lipinski definition) is 5. The molecule has 7 nitrogen and oxygen atoms in total. The molecule has 3 aromatic rings. The molecule has 3 heterocycles. The summed E-state index contributed by atoms with van der Waals surface area (Å²) in [5.74, 6) is -0.171. The first-order chi connectivity index (χ1) is 18.2. The summed E-state index contributed by atoms with van der Waals surface area (Å²) in [6.45, 7) is 13.6. The van der Waals surface area contributed by atoms with Gasteiger partial charge in [0.2, 0.25) is 5.69 Å². The molecule has 202 valence electrons. The molecule has 1 aromatic carbocycles. The Hall–Kier alpha value is -3.45. The first-order valence-electron chi connectivity index (χ1n) is 13.7. The maximum Gasteiger partial charge on any atom is 0.257 e. The van der Waals surface area contributed by atoms with Crippen LogP contribution in [0.3, 0.4) is 0 Å². The van der Waals surface area contributed by atoms with Crippen LogP contribution in [0.2, 0.25) is 0 Å². The van der Waals surface area contributed by atoms with Crippen molar-refractivity contribution >= 4 is 11.6 Å². The van der Waals surface area contributed by atoms with Gasteiger partial charge in [-0.05, 0) is 81.8 Å². The molecule has 0 bridgehead atoms. The van der Waals surface area contributed by atoms with Crippen molar-refractivity contribution in [2.24, 2.45) is 0 Å². The molecule has 7 heteroatoms. The molecule has 1 atom stereocenters. The predicted molar refractivity (Wildman–Crippen MR) is 152 cm³/mol. The van der Waals surface area contributed by atoms with Crippen LogP contribution in [0.4, 0.5) is 5.69 Å². The number of hydrogen-bond donors (Lipinski definition) is 1. The summed E-state index contributed by atoms with van der Waals surface area (Å²) in [7, 11) is 0. The number of aromatic nitrogens is 2. The van der Waals surface area contributed by atoms with Gasteiger partial charge in [-0.3, -0.25) is 9.78 Å². The lowest BCUT2D eigenvalue weighted by Crippen LogP contribution is -2.48. The van der Waals surface area contributed by atoms with Gasteiger partial charge in [0.05, 0.1) is 0 Å². The summed E-state index contributed by atoms with van der Waals surface area (Å²) in [5.41, 5.74) is 6.82. The number of carbonyl (C=O) groups excluding carboxylic acids is 1. The van der Waals surface area contributed by atoms with Gasteiger partial charge in [0, 0.05) is 69.3 Å². The van der Waals surface area contributed by atoms with Crippen LogP contribution in [0.1, 0.15) is 64.5 Å². The van der Waals surface area contributed by atoms with Crippen molar-refractivity contribution in [1.29, 1.82) is 0 Å². The molecule has 2 aromatic heterocycles. The number of piperidine rings is 1. The lowest BCUT2D eigenvalue weighted by molar-refractivity contribution is -0.612. The van der Waals surface area contributed by atoms with E-state index in [-0.39, 0.29) is 5.91 Å². The van der Waals surface area contributed by atoms with E-state index in [2.05, 4.69) is 71.2 Å². The molecule has 1 N–H and O–H groups in total. The topological polar surface area (TPSA) is 75.4 Å². The fraction of sp³-hybridized carbons (Fsp3) is 0.452. The fourth-order valence-electron chi connectivity index (χ4n) is 5.43. The highest BCUT2D eigenvalue weighted by atomic mass is 16.5. The van der Waals surface area contributed by atoms with Crippen LogP contribution in [0, 0.1) is 32.9 Å². The van der Waals surface area contributed by atoms with Gasteiger partial charge in [0.15, 0.2) is 6.20 Å². The highest BCUT2D eigenvalue weighted by Gasteiger charge is 2.28. The number of anilines is 1. The number of nitrogens with zero attached hydrogens (tertiary/aromatic N) is 4. The second-order valence-electron chi connectivity index (χ2n) is 10.7. The Balaban J connectivity index is 1.34. The van der Waals surface area contributed by atoms with E-state index >= 15 is 0 Å². The zero-order chi connectivity index (χ0) is 27.2. The Labute approximate surface area is 227 Å². The number of benzene rings is 1. The van der Waals surface area contributed by atoms with Crippen LogP contribution in [0.5, 0.6) is 0 Å². The average Bonchev–Trinajstić information content (AvgIpc) is 2.91. The third-order valence-corrected chi connectivity index (χ3v) is 8.04. The molecular formula is C31H41N5O2. The quantitative estimate of drug-likeness (QED) is 0.332. The first-order valence-corrected chi connectivity index (χ1v) is 13.7. The molecule has 1 aliphatic rings. The van der Waals surface area contributed by atoms with Gasteiger partial charge in [0.1, 0.15) is 5.56 Å². The second kappa shape index (κ2) is 12.4. The van der Waals surface area contributed by atoms with Crippen molar-refractivity contribution in [3.63, 3.8) is 0 Å². The van der Waals surface area contributed by atoms with E-state index in [1.54, 1.807) is 13.0 Å². The third kappa shape index (κ3) is 6.51. The molecular weight excluding hydrogens is 474 g/mol. The number of carbonyl (C=O) groups is 1. The highest BCUT2D eigenvalue weighted by Crippen LogP contribution is 2.28. The minimum Gasteiger partial charge on any atom is -0.618 e.